The van der Waals surface area contributed by atoms with Gasteiger partial charge in [-0.25, -0.2) is 4.98 Å². The Bertz CT molecular complexity index is 1130. The number of rotatable bonds is 6. The third-order valence-electron chi connectivity index (χ3n) is 4.08. The number of amides is 1. The number of benzene rings is 2. The van der Waals surface area contributed by atoms with E-state index in [9.17, 15) is 4.79 Å². The zero-order valence-electron chi connectivity index (χ0n) is 15.5. The minimum absolute atomic E-state index is 0.328. The van der Waals surface area contributed by atoms with E-state index in [-0.39, 0.29) is 5.91 Å². The average molecular weight is 403 g/mol. The molecule has 0 spiro atoms. The summed E-state index contributed by atoms with van der Waals surface area (Å²) in [6.07, 6.45) is 1.62. The maximum Gasteiger partial charge on any atom is 0.261 e. The van der Waals surface area contributed by atoms with Crippen LogP contribution < -0.4 is 15.4 Å². The van der Waals surface area contributed by atoms with Gasteiger partial charge in [0.2, 0.25) is 5.13 Å². The summed E-state index contributed by atoms with van der Waals surface area (Å²) in [4.78, 5) is 17.1. The van der Waals surface area contributed by atoms with Crippen molar-refractivity contribution in [1.29, 1.82) is 0 Å². The second kappa shape index (κ2) is 8.49. The van der Waals surface area contributed by atoms with E-state index in [1.165, 1.54) is 11.3 Å². The Morgan fingerprint density at radius 3 is 2.59 bits per heavy atom. The molecule has 0 aliphatic heterocycles. The molecule has 0 unspecified atom stereocenters. The fourth-order valence-corrected chi connectivity index (χ4v) is 3.44. The summed E-state index contributed by atoms with van der Waals surface area (Å²) in [5, 5.41) is 15.3. The van der Waals surface area contributed by atoms with Crippen LogP contribution in [0.5, 0.6) is 5.75 Å². The van der Waals surface area contributed by atoms with Crippen LogP contribution >= 0.6 is 11.3 Å². The van der Waals surface area contributed by atoms with Gasteiger partial charge < -0.3 is 10.1 Å². The van der Waals surface area contributed by atoms with E-state index in [4.69, 9.17) is 4.74 Å². The van der Waals surface area contributed by atoms with Crippen molar-refractivity contribution in [1.82, 2.24) is 15.2 Å². The largest absolute Gasteiger partial charge is 0.495 e. The Kier molecular flexibility index (Phi) is 5.44. The average Bonchev–Trinajstić information content (AvgIpc) is 3.23. The molecule has 0 atom stereocenters. The predicted octanol–water partition coefficient (Wildman–Crippen LogP) is 4.60. The van der Waals surface area contributed by atoms with Crippen molar-refractivity contribution >= 4 is 33.9 Å². The SMILES string of the molecule is COc1ccccc1Nc1ncccc1C(=O)Nc1nnc(-c2ccccc2)s1. The second-order valence-corrected chi connectivity index (χ2v) is 6.93. The summed E-state index contributed by atoms with van der Waals surface area (Å²) in [5.41, 5.74) is 2.05. The van der Waals surface area contributed by atoms with Gasteiger partial charge in [-0.1, -0.05) is 53.8 Å². The smallest absolute Gasteiger partial charge is 0.261 e. The molecule has 2 heterocycles. The minimum Gasteiger partial charge on any atom is -0.495 e. The van der Waals surface area contributed by atoms with E-state index in [0.717, 1.165) is 10.6 Å². The highest BCUT2D eigenvalue weighted by atomic mass is 32.1. The normalized spacial score (nSPS) is 10.4. The number of para-hydroxylation sites is 2. The third kappa shape index (κ3) is 4.22. The van der Waals surface area contributed by atoms with Gasteiger partial charge in [-0.05, 0) is 24.3 Å². The quantitative estimate of drug-likeness (QED) is 0.489. The van der Waals surface area contributed by atoms with Crippen LogP contribution in [-0.2, 0) is 0 Å². The van der Waals surface area contributed by atoms with Crippen molar-refractivity contribution in [2.45, 2.75) is 0 Å². The minimum atomic E-state index is -0.328. The number of pyridine rings is 1. The number of nitrogens with one attached hydrogen (secondary N) is 2. The molecule has 4 rings (SSSR count). The third-order valence-corrected chi connectivity index (χ3v) is 4.97. The number of carbonyl (C=O) groups is 1. The molecule has 29 heavy (non-hydrogen) atoms. The van der Waals surface area contributed by atoms with Gasteiger partial charge in [0, 0.05) is 11.8 Å². The second-order valence-electron chi connectivity index (χ2n) is 5.96. The molecule has 0 fully saturated rings. The summed E-state index contributed by atoms with van der Waals surface area (Å²) in [6.45, 7) is 0. The highest BCUT2D eigenvalue weighted by Crippen LogP contribution is 2.29. The number of methoxy groups -OCH3 is 1. The Balaban J connectivity index is 1.55. The van der Waals surface area contributed by atoms with Crippen LogP contribution in [0, 0.1) is 0 Å². The highest BCUT2D eigenvalue weighted by Gasteiger charge is 2.16. The van der Waals surface area contributed by atoms with E-state index in [1.54, 1.807) is 25.4 Å². The maximum absolute atomic E-state index is 12.8. The lowest BCUT2D eigenvalue weighted by Crippen LogP contribution is -2.14. The standard InChI is InChI=1S/C21H17N5O2S/c1-28-17-12-6-5-11-16(17)23-18-15(10-7-13-22-18)19(27)24-21-26-25-20(29-21)14-8-3-2-4-9-14/h2-13H,1H3,(H,22,23)(H,24,26,27). The Morgan fingerprint density at radius 1 is 0.966 bits per heavy atom. The lowest BCUT2D eigenvalue weighted by molar-refractivity contribution is 0.102. The van der Waals surface area contributed by atoms with Crippen LogP contribution in [0.1, 0.15) is 10.4 Å². The van der Waals surface area contributed by atoms with Gasteiger partial charge in [0.1, 0.15) is 16.6 Å². The number of hydrogen-bond acceptors (Lipinski definition) is 7. The molecule has 0 saturated heterocycles. The van der Waals surface area contributed by atoms with E-state index in [1.807, 2.05) is 54.6 Å². The molecule has 2 N–H and O–H groups in total. The number of anilines is 3. The molecular weight excluding hydrogens is 386 g/mol. The molecule has 8 heteroatoms. The Labute approximate surface area is 171 Å². The van der Waals surface area contributed by atoms with Crippen molar-refractivity contribution in [3.63, 3.8) is 0 Å². The van der Waals surface area contributed by atoms with Crippen molar-refractivity contribution in [2.24, 2.45) is 0 Å². The lowest BCUT2D eigenvalue weighted by Gasteiger charge is -2.12. The molecule has 7 nitrogen and oxygen atoms in total. The van der Waals surface area contributed by atoms with Crippen LogP contribution in [0.3, 0.4) is 0 Å². The van der Waals surface area contributed by atoms with E-state index in [0.29, 0.717) is 27.9 Å². The predicted molar refractivity (Wildman–Crippen MR) is 114 cm³/mol. The monoisotopic (exact) mass is 403 g/mol. The van der Waals surface area contributed by atoms with E-state index in [2.05, 4.69) is 25.8 Å². The van der Waals surface area contributed by atoms with Crippen LogP contribution in [0.4, 0.5) is 16.6 Å². The summed E-state index contributed by atoms with van der Waals surface area (Å²) in [5.74, 6) is 0.745. The Morgan fingerprint density at radius 2 is 1.76 bits per heavy atom. The highest BCUT2D eigenvalue weighted by molar-refractivity contribution is 7.18. The van der Waals surface area contributed by atoms with Gasteiger partial charge in [0.15, 0.2) is 0 Å². The van der Waals surface area contributed by atoms with Crippen LogP contribution in [0.25, 0.3) is 10.6 Å². The van der Waals surface area contributed by atoms with Crippen molar-refractivity contribution < 1.29 is 9.53 Å². The van der Waals surface area contributed by atoms with Crippen molar-refractivity contribution in [2.75, 3.05) is 17.7 Å². The van der Waals surface area contributed by atoms with Gasteiger partial charge in [-0.2, -0.15) is 0 Å². The van der Waals surface area contributed by atoms with Gasteiger partial charge in [-0.3, -0.25) is 10.1 Å². The molecule has 1 amide bonds. The fraction of sp³-hybridized carbons (Fsp3) is 0.0476. The molecule has 0 aliphatic rings. The molecule has 144 valence electrons. The van der Waals surface area contributed by atoms with Crippen LogP contribution in [0.15, 0.2) is 72.9 Å². The first kappa shape index (κ1) is 18.6. The van der Waals surface area contributed by atoms with Crippen molar-refractivity contribution in [3.8, 4) is 16.3 Å². The Hall–Kier alpha value is -3.78. The zero-order valence-corrected chi connectivity index (χ0v) is 16.3. The first-order valence-corrected chi connectivity index (χ1v) is 9.61. The first-order chi connectivity index (χ1) is 14.2. The van der Waals surface area contributed by atoms with Crippen LogP contribution in [-0.4, -0.2) is 28.2 Å². The number of hydrogen-bond donors (Lipinski definition) is 2. The van der Waals surface area contributed by atoms with Gasteiger partial charge in [0.05, 0.1) is 18.4 Å². The topological polar surface area (TPSA) is 89.0 Å². The molecular formula is C21H17N5O2S. The summed E-state index contributed by atoms with van der Waals surface area (Å²) < 4.78 is 5.35. The van der Waals surface area contributed by atoms with Gasteiger partial charge in [0.25, 0.3) is 5.91 Å². The molecule has 2 aromatic heterocycles. The fourth-order valence-electron chi connectivity index (χ4n) is 2.70. The summed E-state index contributed by atoms with van der Waals surface area (Å²) in [7, 11) is 1.59. The molecule has 2 aromatic carbocycles. The molecule has 0 radical (unpaired) electrons. The van der Waals surface area contributed by atoms with Crippen molar-refractivity contribution in [3.05, 3.63) is 78.5 Å². The number of aromatic nitrogens is 3. The van der Waals surface area contributed by atoms with Crippen LogP contribution in [0.2, 0.25) is 0 Å². The first-order valence-electron chi connectivity index (χ1n) is 8.80. The molecule has 4 aromatic rings. The zero-order chi connectivity index (χ0) is 20.1. The van der Waals surface area contributed by atoms with Gasteiger partial charge in [-0.15, -0.1) is 10.2 Å². The number of carbonyl (C=O) groups excluding carboxylic acids is 1. The summed E-state index contributed by atoms with van der Waals surface area (Å²) in [6, 6.07) is 20.5. The number of nitrogens with zero attached hydrogens (tertiary/aromatic N) is 3. The van der Waals surface area contributed by atoms with E-state index < -0.39 is 0 Å². The molecule has 0 saturated carbocycles. The van der Waals surface area contributed by atoms with Gasteiger partial charge >= 0.3 is 0 Å². The lowest BCUT2D eigenvalue weighted by atomic mass is 10.2. The number of ether oxygens (including phenoxy) is 1. The molecule has 0 bridgehead atoms. The molecule has 0 aliphatic carbocycles. The summed E-state index contributed by atoms with van der Waals surface area (Å²) >= 11 is 1.31. The van der Waals surface area contributed by atoms with E-state index >= 15 is 0 Å². The maximum atomic E-state index is 12.8.